The van der Waals surface area contributed by atoms with Crippen LogP contribution in [0.3, 0.4) is 0 Å². The van der Waals surface area contributed by atoms with Gasteiger partial charge in [-0.2, -0.15) is 0 Å². The van der Waals surface area contributed by atoms with Crippen LogP contribution < -0.4 is 9.62 Å². The number of carbonyl (C=O) groups is 2. The summed E-state index contributed by atoms with van der Waals surface area (Å²) >= 11 is 12.9. The third-order valence-corrected chi connectivity index (χ3v) is 9.20. The van der Waals surface area contributed by atoms with Crippen molar-refractivity contribution < 1.29 is 18.0 Å². The van der Waals surface area contributed by atoms with Crippen LogP contribution in [-0.2, 0) is 26.2 Å². The van der Waals surface area contributed by atoms with Crippen LogP contribution in [0.4, 0.5) is 5.69 Å². The van der Waals surface area contributed by atoms with Crippen molar-refractivity contribution in [1.82, 2.24) is 10.2 Å². The number of nitrogens with one attached hydrogen (secondary N) is 1. The minimum Gasteiger partial charge on any atom is -0.354 e. The number of sulfonamides is 1. The molecule has 0 saturated carbocycles. The molecule has 0 spiro atoms. The summed E-state index contributed by atoms with van der Waals surface area (Å²) < 4.78 is 28.9. The monoisotopic (exact) mass is 617 g/mol. The van der Waals surface area contributed by atoms with Gasteiger partial charge >= 0.3 is 0 Å². The Kier molecular flexibility index (Phi) is 11.2. The Labute approximate surface area is 253 Å². The Balaban J connectivity index is 2.05. The van der Waals surface area contributed by atoms with Gasteiger partial charge in [0.15, 0.2) is 0 Å². The first-order chi connectivity index (χ1) is 19.3. The minimum absolute atomic E-state index is 0.0455. The summed E-state index contributed by atoms with van der Waals surface area (Å²) in [5, 5.41) is 3.53. The average molecular weight is 619 g/mol. The number of rotatable bonds is 12. The number of amides is 2. The zero-order valence-corrected chi connectivity index (χ0v) is 26.3. The maximum Gasteiger partial charge on any atom is 0.264 e. The SMILES string of the molecule is CC(C)CNC(=O)[C@@H](C)N(Cc1c(Cl)cccc1Cl)C(=O)CN(c1ccc(C(C)C)cc1)S(=O)(=O)c1ccccc1. The Bertz CT molecular complexity index is 1430. The first-order valence-electron chi connectivity index (χ1n) is 13.5. The molecule has 3 aromatic carbocycles. The fraction of sp³-hybridized carbons (Fsp3) is 0.355. The lowest BCUT2D eigenvalue weighted by atomic mass is 10.0. The summed E-state index contributed by atoms with van der Waals surface area (Å²) in [6, 6.07) is 19.1. The van der Waals surface area contributed by atoms with E-state index in [2.05, 4.69) is 5.32 Å². The normalized spacial score (nSPS) is 12.3. The first-order valence-corrected chi connectivity index (χ1v) is 15.7. The molecule has 3 rings (SSSR count). The Hall–Kier alpha value is -3.07. The van der Waals surface area contributed by atoms with Crippen LogP contribution in [0.1, 0.15) is 51.7 Å². The van der Waals surface area contributed by atoms with Crippen molar-refractivity contribution in [3.05, 3.63) is 94.0 Å². The summed E-state index contributed by atoms with van der Waals surface area (Å²) in [4.78, 5) is 28.5. The molecular weight excluding hydrogens is 581 g/mol. The Morgan fingerprint density at radius 3 is 1.95 bits per heavy atom. The highest BCUT2D eigenvalue weighted by Crippen LogP contribution is 2.29. The quantitative estimate of drug-likeness (QED) is 0.251. The molecule has 220 valence electrons. The number of hydrogen-bond acceptors (Lipinski definition) is 4. The molecule has 0 heterocycles. The number of carbonyl (C=O) groups excluding carboxylic acids is 2. The number of halogens is 2. The van der Waals surface area contributed by atoms with E-state index in [4.69, 9.17) is 23.2 Å². The lowest BCUT2D eigenvalue weighted by Crippen LogP contribution is -2.51. The highest BCUT2D eigenvalue weighted by atomic mass is 35.5. The molecule has 1 atom stereocenters. The van der Waals surface area contributed by atoms with Gasteiger partial charge in [-0.1, -0.05) is 87.3 Å². The third-order valence-electron chi connectivity index (χ3n) is 6.70. The van der Waals surface area contributed by atoms with E-state index < -0.39 is 28.5 Å². The molecule has 0 aliphatic heterocycles. The molecule has 3 aromatic rings. The molecular formula is C31H37Cl2N3O4S. The van der Waals surface area contributed by atoms with Crippen molar-refractivity contribution in [2.24, 2.45) is 5.92 Å². The second-order valence-corrected chi connectivity index (χ2v) is 13.3. The summed E-state index contributed by atoms with van der Waals surface area (Å²) in [6.45, 7) is 9.42. The minimum atomic E-state index is -4.14. The molecule has 0 aromatic heterocycles. The lowest BCUT2D eigenvalue weighted by Gasteiger charge is -2.32. The number of hydrogen-bond donors (Lipinski definition) is 1. The van der Waals surface area contributed by atoms with Crippen molar-refractivity contribution in [3.8, 4) is 0 Å². The van der Waals surface area contributed by atoms with E-state index in [1.807, 2.05) is 39.8 Å². The molecule has 0 bridgehead atoms. The molecule has 0 radical (unpaired) electrons. The Morgan fingerprint density at radius 1 is 0.829 bits per heavy atom. The van der Waals surface area contributed by atoms with Gasteiger partial charge in [0.05, 0.1) is 10.6 Å². The average Bonchev–Trinajstić information content (AvgIpc) is 2.94. The van der Waals surface area contributed by atoms with Crippen molar-refractivity contribution in [3.63, 3.8) is 0 Å². The maximum atomic E-state index is 14.0. The molecule has 0 aliphatic carbocycles. The van der Waals surface area contributed by atoms with E-state index >= 15 is 0 Å². The standard InChI is InChI=1S/C31H37Cl2N3O4S/c1-21(2)18-34-31(38)23(5)35(19-27-28(32)12-9-13-29(27)33)30(37)20-36(25-16-14-24(15-17-25)22(3)4)41(39,40)26-10-7-6-8-11-26/h6-17,21-23H,18-20H2,1-5H3,(H,34,38)/t23-/m1/s1. The fourth-order valence-electron chi connectivity index (χ4n) is 4.16. The van der Waals surface area contributed by atoms with Crippen molar-refractivity contribution in [2.45, 2.75) is 58.0 Å². The van der Waals surface area contributed by atoms with Crippen LogP contribution in [0.5, 0.6) is 0 Å². The molecule has 0 unspecified atom stereocenters. The van der Waals surface area contributed by atoms with Crippen molar-refractivity contribution >= 4 is 50.7 Å². The van der Waals surface area contributed by atoms with E-state index in [1.54, 1.807) is 55.5 Å². The Morgan fingerprint density at radius 2 is 1.41 bits per heavy atom. The fourth-order valence-corrected chi connectivity index (χ4v) is 6.11. The molecule has 7 nitrogen and oxygen atoms in total. The van der Waals surface area contributed by atoms with Gasteiger partial charge in [-0.3, -0.25) is 13.9 Å². The van der Waals surface area contributed by atoms with E-state index in [9.17, 15) is 18.0 Å². The summed E-state index contributed by atoms with van der Waals surface area (Å²) in [5.41, 5.74) is 1.83. The predicted molar refractivity (Wildman–Crippen MR) is 166 cm³/mol. The maximum absolute atomic E-state index is 14.0. The number of anilines is 1. The lowest BCUT2D eigenvalue weighted by molar-refractivity contribution is -0.139. The van der Waals surface area contributed by atoms with Crippen LogP contribution in [-0.4, -0.2) is 44.3 Å². The zero-order chi connectivity index (χ0) is 30.3. The van der Waals surface area contributed by atoms with Gasteiger partial charge in [0.25, 0.3) is 10.0 Å². The molecule has 41 heavy (non-hydrogen) atoms. The van der Waals surface area contributed by atoms with E-state index in [1.165, 1.54) is 17.0 Å². The van der Waals surface area contributed by atoms with Gasteiger partial charge < -0.3 is 10.2 Å². The van der Waals surface area contributed by atoms with E-state index in [-0.39, 0.29) is 29.2 Å². The van der Waals surface area contributed by atoms with Gasteiger partial charge in [0.1, 0.15) is 12.6 Å². The highest BCUT2D eigenvalue weighted by Gasteiger charge is 2.33. The van der Waals surface area contributed by atoms with Gasteiger partial charge in [0, 0.05) is 28.7 Å². The third kappa shape index (κ3) is 8.24. The van der Waals surface area contributed by atoms with Gasteiger partial charge in [-0.25, -0.2) is 8.42 Å². The van der Waals surface area contributed by atoms with Gasteiger partial charge in [0.2, 0.25) is 11.8 Å². The van der Waals surface area contributed by atoms with Crippen LogP contribution >= 0.6 is 23.2 Å². The van der Waals surface area contributed by atoms with Crippen molar-refractivity contribution in [2.75, 3.05) is 17.4 Å². The molecule has 10 heteroatoms. The summed E-state index contributed by atoms with van der Waals surface area (Å²) in [5.74, 6) is -0.505. The molecule has 1 N–H and O–H groups in total. The second-order valence-electron chi connectivity index (χ2n) is 10.6. The van der Waals surface area contributed by atoms with Crippen molar-refractivity contribution in [1.29, 1.82) is 0 Å². The molecule has 0 aliphatic rings. The molecule has 2 amide bonds. The van der Waals surface area contributed by atoms with Gasteiger partial charge in [-0.05, 0) is 60.7 Å². The highest BCUT2D eigenvalue weighted by molar-refractivity contribution is 7.92. The van der Waals surface area contributed by atoms with Crippen LogP contribution in [0.15, 0.2) is 77.7 Å². The van der Waals surface area contributed by atoms with E-state index in [0.717, 1.165) is 9.87 Å². The van der Waals surface area contributed by atoms with Gasteiger partial charge in [-0.15, -0.1) is 0 Å². The van der Waals surface area contributed by atoms with Crippen LogP contribution in [0.25, 0.3) is 0 Å². The molecule has 0 saturated heterocycles. The topological polar surface area (TPSA) is 86.8 Å². The molecule has 0 fully saturated rings. The zero-order valence-electron chi connectivity index (χ0n) is 24.0. The van der Waals surface area contributed by atoms with Crippen LogP contribution in [0.2, 0.25) is 10.0 Å². The van der Waals surface area contributed by atoms with Crippen LogP contribution in [0, 0.1) is 5.92 Å². The smallest absolute Gasteiger partial charge is 0.264 e. The predicted octanol–water partition coefficient (Wildman–Crippen LogP) is 6.50. The first kappa shape index (κ1) is 32.4. The summed E-state index contributed by atoms with van der Waals surface area (Å²) in [7, 11) is -4.14. The largest absolute Gasteiger partial charge is 0.354 e. The summed E-state index contributed by atoms with van der Waals surface area (Å²) in [6.07, 6.45) is 0. The number of nitrogens with zero attached hydrogens (tertiary/aromatic N) is 2. The number of benzene rings is 3. The van der Waals surface area contributed by atoms with E-state index in [0.29, 0.717) is 27.8 Å². The second kappa shape index (κ2) is 14.2.